The molecule has 0 aromatic carbocycles. The van der Waals surface area contributed by atoms with Crippen molar-refractivity contribution in [2.75, 3.05) is 5.88 Å². The Hall–Kier alpha value is 0.0300. The fourth-order valence-electron chi connectivity index (χ4n) is 0.936. The van der Waals surface area contributed by atoms with Crippen molar-refractivity contribution in [1.82, 2.24) is 0 Å². The molecule has 11 heavy (non-hydrogen) atoms. The van der Waals surface area contributed by atoms with Crippen LogP contribution in [0.1, 0.15) is 45.4 Å². The molecule has 1 heteroatoms. The van der Waals surface area contributed by atoms with Crippen molar-refractivity contribution in [2.24, 2.45) is 0 Å². The van der Waals surface area contributed by atoms with E-state index in [2.05, 4.69) is 19.1 Å². The van der Waals surface area contributed by atoms with Crippen LogP contribution in [0.3, 0.4) is 0 Å². The van der Waals surface area contributed by atoms with Crippen molar-refractivity contribution in [2.45, 2.75) is 45.4 Å². The second-order valence-electron chi connectivity index (χ2n) is 2.80. The SMILES string of the molecule is CCC/C=C\CCCCCCl. The van der Waals surface area contributed by atoms with Crippen molar-refractivity contribution < 1.29 is 0 Å². The molecule has 0 bridgehead atoms. The highest BCUT2D eigenvalue weighted by atomic mass is 35.5. The molecule has 0 nitrogen and oxygen atoms in total. The number of alkyl halides is 1. The van der Waals surface area contributed by atoms with Crippen LogP contribution in [0.2, 0.25) is 0 Å². The quantitative estimate of drug-likeness (QED) is 0.309. The second-order valence-corrected chi connectivity index (χ2v) is 3.18. The second kappa shape index (κ2) is 10.0. The third-order valence-electron chi connectivity index (χ3n) is 1.63. The van der Waals surface area contributed by atoms with Gasteiger partial charge in [-0.2, -0.15) is 0 Å². The Balaban J connectivity index is 2.89. The van der Waals surface area contributed by atoms with E-state index in [1.807, 2.05) is 0 Å². The minimum absolute atomic E-state index is 0.818. The number of unbranched alkanes of at least 4 members (excludes halogenated alkanes) is 4. The van der Waals surface area contributed by atoms with Crippen molar-refractivity contribution >= 4 is 11.6 Å². The molecular weight excluding hydrogens is 156 g/mol. The van der Waals surface area contributed by atoms with E-state index in [9.17, 15) is 0 Å². The number of allylic oxidation sites excluding steroid dienone is 2. The lowest BCUT2D eigenvalue weighted by Crippen LogP contribution is -1.76. The molecule has 66 valence electrons. The summed E-state index contributed by atoms with van der Waals surface area (Å²) in [7, 11) is 0. The summed E-state index contributed by atoms with van der Waals surface area (Å²) in [5.74, 6) is 0.818. The predicted octanol–water partition coefficient (Wildman–Crippen LogP) is 4.14. The Morgan fingerprint density at radius 2 is 1.73 bits per heavy atom. The van der Waals surface area contributed by atoms with Crippen LogP contribution in [0.4, 0.5) is 0 Å². The largest absolute Gasteiger partial charge is 0.127 e. The maximum atomic E-state index is 5.55. The molecule has 0 aliphatic heterocycles. The summed E-state index contributed by atoms with van der Waals surface area (Å²) in [5.41, 5.74) is 0. The van der Waals surface area contributed by atoms with Gasteiger partial charge in [0.2, 0.25) is 0 Å². The maximum absolute atomic E-state index is 5.55. The standard InChI is InChI=1S/C10H19Cl/c1-2-3-4-5-6-7-8-9-10-11/h4-5H,2-3,6-10H2,1H3/b5-4-. The zero-order chi connectivity index (χ0) is 8.36. The van der Waals surface area contributed by atoms with E-state index < -0.39 is 0 Å². The fraction of sp³-hybridized carbons (Fsp3) is 0.800. The van der Waals surface area contributed by atoms with E-state index in [1.54, 1.807) is 0 Å². The van der Waals surface area contributed by atoms with E-state index in [0.29, 0.717) is 0 Å². The highest BCUT2D eigenvalue weighted by Crippen LogP contribution is 2.02. The summed E-state index contributed by atoms with van der Waals surface area (Å²) in [5, 5.41) is 0. The first-order chi connectivity index (χ1) is 5.41. The third kappa shape index (κ3) is 10.0. The molecular formula is C10H19Cl. The molecule has 0 fully saturated rings. The van der Waals surface area contributed by atoms with Gasteiger partial charge in [-0.3, -0.25) is 0 Å². The first-order valence-corrected chi connectivity index (χ1v) is 5.16. The maximum Gasteiger partial charge on any atom is 0.0223 e. The van der Waals surface area contributed by atoms with Gasteiger partial charge in [0.25, 0.3) is 0 Å². The monoisotopic (exact) mass is 174 g/mol. The normalized spacial score (nSPS) is 11.1. The summed E-state index contributed by atoms with van der Waals surface area (Å²) >= 11 is 5.55. The molecule has 0 aromatic heterocycles. The Bertz CT molecular complexity index is 86.9. The fourth-order valence-corrected chi connectivity index (χ4v) is 1.12. The minimum atomic E-state index is 0.818. The Morgan fingerprint density at radius 1 is 1.00 bits per heavy atom. The van der Waals surface area contributed by atoms with E-state index in [4.69, 9.17) is 11.6 Å². The highest BCUT2D eigenvalue weighted by molar-refractivity contribution is 6.17. The lowest BCUT2D eigenvalue weighted by Gasteiger charge is -1.92. The first-order valence-electron chi connectivity index (χ1n) is 4.62. The average molecular weight is 175 g/mol. The molecule has 0 rings (SSSR count). The lowest BCUT2D eigenvalue weighted by molar-refractivity contribution is 0.731. The van der Waals surface area contributed by atoms with Crippen LogP contribution in [0.15, 0.2) is 12.2 Å². The van der Waals surface area contributed by atoms with E-state index in [0.717, 1.165) is 5.88 Å². The van der Waals surface area contributed by atoms with Gasteiger partial charge in [-0.1, -0.05) is 31.9 Å². The zero-order valence-electron chi connectivity index (χ0n) is 7.48. The summed E-state index contributed by atoms with van der Waals surface area (Å²) in [4.78, 5) is 0. The van der Waals surface area contributed by atoms with Crippen LogP contribution in [0, 0.1) is 0 Å². The smallest absolute Gasteiger partial charge is 0.0223 e. The van der Waals surface area contributed by atoms with Crippen LogP contribution in [0.5, 0.6) is 0 Å². The molecule has 0 N–H and O–H groups in total. The summed E-state index contributed by atoms with van der Waals surface area (Å²) < 4.78 is 0. The molecule has 0 saturated carbocycles. The van der Waals surface area contributed by atoms with Crippen molar-refractivity contribution in [1.29, 1.82) is 0 Å². The van der Waals surface area contributed by atoms with Gasteiger partial charge < -0.3 is 0 Å². The van der Waals surface area contributed by atoms with Gasteiger partial charge in [0, 0.05) is 5.88 Å². The van der Waals surface area contributed by atoms with Crippen LogP contribution < -0.4 is 0 Å². The zero-order valence-corrected chi connectivity index (χ0v) is 8.24. The predicted molar refractivity (Wildman–Crippen MR) is 53.2 cm³/mol. The van der Waals surface area contributed by atoms with Gasteiger partial charge in [0.15, 0.2) is 0 Å². The number of halogens is 1. The van der Waals surface area contributed by atoms with Gasteiger partial charge in [-0.05, 0) is 25.7 Å². The molecule has 0 aliphatic carbocycles. The third-order valence-corrected chi connectivity index (χ3v) is 1.89. The number of hydrogen-bond donors (Lipinski definition) is 0. The van der Waals surface area contributed by atoms with Gasteiger partial charge >= 0.3 is 0 Å². The molecule has 0 radical (unpaired) electrons. The Kier molecular flexibility index (Phi) is 10.1. The average Bonchev–Trinajstić information content (AvgIpc) is 2.03. The van der Waals surface area contributed by atoms with Crippen molar-refractivity contribution in [3.8, 4) is 0 Å². The van der Waals surface area contributed by atoms with Gasteiger partial charge in [0.1, 0.15) is 0 Å². The van der Waals surface area contributed by atoms with E-state index >= 15 is 0 Å². The van der Waals surface area contributed by atoms with E-state index in [-0.39, 0.29) is 0 Å². The molecule has 0 heterocycles. The molecule has 0 amide bonds. The number of hydrogen-bond acceptors (Lipinski definition) is 0. The molecule has 0 aliphatic rings. The van der Waals surface area contributed by atoms with Gasteiger partial charge in [-0.15, -0.1) is 11.6 Å². The lowest BCUT2D eigenvalue weighted by atomic mass is 10.2. The summed E-state index contributed by atoms with van der Waals surface area (Å²) in [6.07, 6.45) is 12.0. The van der Waals surface area contributed by atoms with E-state index in [1.165, 1.54) is 38.5 Å². The topological polar surface area (TPSA) is 0 Å². The Morgan fingerprint density at radius 3 is 2.36 bits per heavy atom. The first kappa shape index (κ1) is 11.0. The summed E-state index contributed by atoms with van der Waals surface area (Å²) in [6.45, 7) is 2.21. The number of rotatable bonds is 7. The van der Waals surface area contributed by atoms with Gasteiger partial charge in [0.05, 0.1) is 0 Å². The molecule has 0 atom stereocenters. The highest BCUT2D eigenvalue weighted by Gasteiger charge is 1.84. The minimum Gasteiger partial charge on any atom is -0.127 e. The van der Waals surface area contributed by atoms with Crippen LogP contribution >= 0.6 is 11.6 Å². The van der Waals surface area contributed by atoms with Crippen molar-refractivity contribution in [3.63, 3.8) is 0 Å². The summed E-state index contributed by atoms with van der Waals surface area (Å²) in [6, 6.07) is 0. The van der Waals surface area contributed by atoms with Crippen LogP contribution in [0.25, 0.3) is 0 Å². The van der Waals surface area contributed by atoms with Crippen LogP contribution in [-0.4, -0.2) is 5.88 Å². The van der Waals surface area contributed by atoms with Gasteiger partial charge in [-0.25, -0.2) is 0 Å². The van der Waals surface area contributed by atoms with Crippen molar-refractivity contribution in [3.05, 3.63) is 12.2 Å². The molecule has 0 saturated heterocycles. The Labute approximate surface area is 75.6 Å². The molecule has 0 aromatic rings. The van der Waals surface area contributed by atoms with Crippen LogP contribution in [-0.2, 0) is 0 Å². The molecule has 0 spiro atoms. The molecule has 0 unspecified atom stereocenters.